The van der Waals surface area contributed by atoms with E-state index < -0.39 is 5.91 Å². The molecule has 0 spiro atoms. The molecule has 11 heteroatoms. The topological polar surface area (TPSA) is 148 Å². The first kappa shape index (κ1) is 23.1. The van der Waals surface area contributed by atoms with E-state index in [1.807, 2.05) is 31.2 Å². The van der Waals surface area contributed by atoms with E-state index in [9.17, 15) is 14.7 Å². The molecule has 0 bridgehead atoms. The van der Waals surface area contributed by atoms with Gasteiger partial charge in [-0.1, -0.05) is 29.0 Å². The van der Waals surface area contributed by atoms with Gasteiger partial charge >= 0.3 is 0 Å². The van der Waals surface area contributed by atoms with Gasteiger partial charge in [0.05, 0.1) is 35.3 Å². The molecule has 5 N–H and O–H groups in total. The van der Waals surface area contributed by atoms with Crippen molar-refractivity contribution in [3.8, 4) is 11.4 Å². The molecule has 0 unspecified atom stereocenters. The third kappa shape index (κ3) is 5.63. The fourth-order valence-corrected chi connectivity index (χ4v) is 3.90. The van der Waals surface area contributed by atoms with Gasteiger partial charge in [0.1, 0.15) is 5.75 Å². The van der Waals surface area contributed by atoms with E-state index in [0.29, 0.717) is 29.6 Å². The highest BCUT2D eigenvalue weighted by Gasteiger charge is 2.14. The molecule has 2 amide bonds. The number of thiazole rings is 1. The van der Waals surface area contributed by atoms with Gasteiger partial charge in [-0.25, -0.2) is 9.67 Å². The first-order valence-corrected chi connectivity index (χ1v) is 11.3. The van der Waals surface area contributed by atoms with E-state index in [4.69, 9.17) is 5.73 Å². The quantitative estimate of drug-likeness (QED) is 0.304. The number of nitrogens with one attached hydrogen (secondary N) is 2. The van der Waals surface area contributed by atoms with Crippen molar-refractivity contribution < 1.29 is 14.7 Å². The van der Waals surface area contributed by atoms with Crippen molar-refractivity contribution in [3.05, 3.63) is 82.1 Å². The van der Waals surface area contributed by atoms with E-state index in [-0.39, 0.29) is 23.6 Å². The maximum absolute atomic E-state index is 12.4. The Morgan fingerprint density at radius 2 is 2.03 bits per heavy atom. The number of hydrogen-bond acceptors (Lipinski definition) is 8. The molecule has 0 saturated carbocycles. The normalized spacial score (nSPS) is 10.8. The summed E-state index contributed by atoms with van der Waals surface area (Å²) in [5, 5.41) is 25.5. The molecule has 0 fully saturated rings. The molecular formula is C23H23N7O3S. The second-order valence-electron chi connectivity index (χ2n) is 7.60. The molecular weight excluding hydrogens is 454 g/mol. The van der Waals surface area contributed by atoms with Gasteiger partial charge in [0.2, 0.25) is 5.91 Å². The number of nitrogens with two attached hydrogens (primary N) is 1. The number of rotatable bonds is 8. The summed E-state index contributed by atoms with van der Waals surface area (Å²) in [5.41, 5.74) is 9.55. The number of phenols is 1. The maximum Gasteiger partial charge on any atom is 0.261 e. The summed E-state index contributed by atoms with van der Waals surface area (Å²) in [6, 6.07) is 12.4. The Bertz CT molecular complexity index is 1330. The summed E-state index contributed by atoms with van der Waals surface area (Å²) >= 11 is 1.21. The summed E-state index contributed by atoms with van der Waals surface area (Å²) in [7, 11) is 0. The Morgan fingerprint density at radius 1 is 1.18 bits per heavy atom. The molecule has 34 heavy (non-hydrogen) atoms. The van der Waals surface area contributed by atoms with Crippen LogP contribution >= 0.6 is 11.3 Å². The Kier molecular flexibility index (Phi) is 6.95. The van der Waals surface area contributed by atoms with Gasteiger partial charge in [-0.2, -0.15) is 0 Å². The first-order chi connectivity index (χ1) is 16.4. The summed E-state index contributed by atoms with van der Waals surface area (Å²) in [4.78, 5) is 29.1. The van der Waals surface area contributed by atoms with Crippen molar-refractivity contribution in [2.75, 3.05) is 5.32 Å². The molecule has 174 valence electrons. The number of phenolic OH excluding ortho intramolecular Hbond substituents is 1. The zero-order chi connectivity index (χ0) is 24.1. The summed E-state index contributed by atoms with van der Waals surface area (Å²) < 4.78 is 1.63. The number of carbonyl (C=O) groups is 2. The third-order valence-electron chi connectivity index (χ3n) is 4.93. The average molecular weight is 478 g/mol. The van der Waals surface area contributed by atoms with Crippen LogP contribution in [0.5, 0.6) is 5.75 Å². The van der Waals surface area contributed by atoms with Crippen LogP contribution < -0.4 is 16.4 Å². The average Bonchev–Trinajstić information content (AvgIpc) is 3.49. The van der Waals surface area contributed by atoms with Crippen LogP contribution in [0.1, 0.15) is 32.9 Å². The predicted octanol–water partition coefficient (Wildman–Crippen LogP) is 2.31. The van der Waals surface area contributed by atoms with Gasteiger partial charge in [-0.05, 0) is 36.8 Å². The van der Waals surface area contributed by atoms with Crippen molar-refractivity contribution in [1.29, 1.82) is 0 Å². The Labute approximate surface area is 199 Å². The fourth-order valence-electron chi connectivity index (χ4n) is 3.20. The number of aryl methyl sites for hydroxylation is 1. The maximum atomic E-state index is 12.4. The largest absolute Gasteiger partial charge is 0.507 e. The highest BCUT2D eigenvalue weighted by atomic mass is 32.1. The molecule has 4 aromatic rings. The van der Waals surface area contributed by atoms with E-state index in [1.165, 1.54) is 17.4 Å². The van der Waals surface area contributed by atoms with Crippen LogP contribution in [0, 0.1) is 6.92 Å². The zero-order valence-corrected chi connectivity index (χ0v) is 19.2. The molecule has 10 nitrogen and oxygen atoms in total. The Hall–Kier alpha value is -4.09. The second kappa shape index (κ2) is 10.2. The molecule has 2 aromatic carbocycles. The van der Waals surface area contributed by atoms with Crippen LogP contribution in [0.25, 0.3) is 5.69 Å². The van der Waals surface area contributed by atoms with E-state index >= 15 is 0 Å². The minimum Gasteiger partial charge on any atom is -0.507 e. The third-order valence-corrected chi connectivity index (χ3v) is 5.73. The lowest BCUT2D eigenvalue weighted by atomic mass is 10.1. The smallest absolute Gasteiger partial charge is 0.261 e. The molecule has 0 aliphatic rings. The van der Waals surface area contributed by atoms with Gasteiger partial charge in [0.15, 0.2) is 5.13 Å². The molecule has 2 aromatic heterocycles. The summed E-state index contributed by atoms with van der Waals surface area (Å²) in [5.74, 6) is -0.763. The first-order valence-electron chi connectivity index (χ1n) is 10.4. The molecule has 0 aliphatic heterocycles. The van der Waals surface area contributed by atoms with E-state index in [1.54, 1.807) is 28.4 Å². The Morgan fingerprint density at radius 3 is 2.82 bits per heavy atom. The Balaban J connectivity index is 1.31. The number of aromatic nitrogens is 4. The highest BCUT2D eigenvalue weighted by Crippen LogP contribution is 2.22. The SMILES string of the molecule is Cc1ccc(O)c(C(=O)Nc2nc(CC(=O)NCc3cccc(-n4cc(CN)nn4)c3)cs2)c1. The monoisotopic (exact) mass is 477 g/mol. The van der Waals surface area contributed by atoms with E-state index in [0.717, 1.165) is 16.8 Å². The zero-order valence-electron chi connectivity index (χ0n) is 18.4. The number of carbonyl (C=O) groups excluding carboxylic acids is 2. The highest BCUT2D eigenvalue weighted by molar-refractivity contribution is 7.14. The lowest BCUT2D eigenvalue weighted by Gasteiger charge is -2.07. The van der Waals surface area contributed by atoms with Gasteiger partial charge < -0.3 is 16.2 Å². The predicted molar refractivity (Wildman–Crippen MR) is 128 cm³/mol. The van der Waals surface area contributed by atoms with Crippen LogP contribution in [-0.4, -0.2) is 36.9 Å². The van der Waals surface area contributed by atoms with Crippen LogP contribution in [-0.2, 0) is 24.3 Å². The number of anilines is 1. The molecule has 0 saturated heterocycles. The van der Waals surface area contributed by atoms with Crippen molar-refractivity contribution in [1.82, 2.24) is 25.3 Å². The number of nitrogens with zero attached hydrogens (tertiary/aromatic N) is 4. The van der Waals surface area contributed by atoms with Crippen LogP contribution in [0.4, 0.5) is 5.13 Å². The fraction of sp³-hybridized carbons (Fsp3) is 0.174. The molecule has 4 rings (SSSR count). The second-order valence-corrected chi connectivity index (χ2v) is 8.46. The minimum absolute atomic E-state index is 0.0741. The molecule has 0 radical (unpaired) electrons. The number of benzene rings is 2. The van der Waals surface area contributed by atoms with Gasteiger partial charge in [-0.3, -0.25) is 14.9 Å². The molecule has 2 heterocycles. The van der Waals surface area contributed by atoms with E-state index in [2.05, 4.69) is 25.9 Å². The van der Waals surface area contributed by atoms with Crippen molar-refractivity contribution in [2.24, 2.45) is 5.73 Å². The molecule has 0 aliphatic carbocycles. The number of amides is 2. The lowest BCUT2D eigenvalue weighted by molar-refractivity contribution is -0.120. The standard InChI is InChI=1S/C23H23N7O3S/c1-14-5-6-20(31)19(7-14)22(33)27-23-26-16(13-34-23)9-21(32)25-11-15-3-2-4-18(8-15)30-12-17(10-24)28-29-30/h2-8,12-13,31H,9-11,24H2,1H3,(H,25,32)(H,26,27,33). The minimum atomic E-state index is -0.461. The van der Waals surface area contributed by atoms with Crippen molar-refractivity contribution in [3.63, 3.8) is 0 Å². The lowest BCUT2D eigenvalue weighted by Crippen LogP contribution is -2.24. The van der Waals surface area contributed by atoms with Crippen LogP contribution in [0.2, 0.25) is 0 Å². The van der Waals surface area contributed by atoms with Gasteiger partial charge in [0, 0.05) is 18.5 Å². The van der Waals surface area contributed by atoms with Crippen molar-refractivity contribution >= 4 is 28.3 Å². The molecule has 0 atom stereocenters. The van der Waals surface area contributed by atoms with Gasteiger partial charge in [0.25, 0.3) is 5.91 Å². The summed E-state index contributed by atoms with van der Waals surface area (Å²) in [6.07, 6.45) is 1.83. The van der Waals surface area contributed by atoms with Crippen LogP contribution in [0.15, 0.2) is 54.0 Å². The summed E-state index contributed by atoms with van der Waals surface area (Å²) in [6.45, 7) is 2.48. The van der Waals surface area contributed by atoms with Crippen LogP contribution in [0.3, 0.4) is 0 Å². The number of hydrogen-bond donors (Lipinski definition) is 4. The number of aromatic hydroxyl groups is 1. The van der Waals surface area contributed by atoms with Crippen molar-refractivity contribution in [2.45, 2.75) is 26.4 Å². The van der Waals surface area contributed by atoms with Gasteiger partial charge in [-0.15, -0.1) is 16.4 Å².